The third kappa shape index (κ3) is 4.24. The van der Waals surface area contributed by atoms with Gasteiger partial charge < -0.3 is 10.1 Å². The summed E-state index contributed by atoms with van der Waals surface area (Å²) in [6, 6.07) is 0.161. The van der Waals surface area contributed by atoms with Gasteiger partial charge in [-0.15, -0.1) is 5.10 Å². The summed E-state index contributed by atoms with van der Waals surface area (Å²) in [5, 5.41) is 15.5. The fourth-order valence-corrected chi connectivity index (χ4v) is 2.73. The summed E-state index contributed by atoms with van der Waals surface area (Å²) in [6.07, 6.45) is 6.71. The zero-order chi connectivity index (χ0) is 13.5. The monoisotopic (exact) mass is 267 g/mol. The molecule has 1 atom stereocenters. The van der Waals surface area contributed by atoms with E-state index in [0.717, 1.165) is 24.8 Å². The van der Waals surface area contributed by atoms with E-state index < -0.39 is 0 Å². The van der Waals surface area contributed by atoms with Crippen molar-refractivity contribution < 1.29 is 4.74 Å². The molecule has 19 heavy (non-hydrogen) atoms. The molecular weight excluding hydrogens is 242 g/mol. The van der Waals surface area contributed by atoms with Crippen molar-refractivity contribution in [1.29, 1.82) is 0 Å². The lowest BCUT2D eigenvalue weighted by Gasteiger charge is -2.22. The highest BCUT2D eigenvalue weighted by atomic mass is 16.5. The third-order valence-corrected chi connectivity index (χ3v) is 3.86. The standard InChI is InChI=1S/C13H25N5O/c1-11(14-8-9-19-2)13-15-16-17-18(13)10-12-6-4-3-5-7-12/h11-12,14H,3-10H2,1-2H3. The maximum absolute atomic E-state index is 5.04. The van der Waals surface area contributed by atoms with Gasteiger partial charge in [0.25, 0.3) is 0 Å². The number of ether oxygens (including phenoxy) is 1. The van der Waals surface area contributed by atoms with E-state index in [4.69, 9.17) is 4.74 Å². The Bertz CT molecular complexity index is 362. The van der Waals surface area contributed by atoms with Gasteiger partial charge in [-0.3, -0.25) is 0 Å². The van der Waals surface area contributed by atoms with Crippen molar-refractivity contribution in [3.05, 3.63) is 5.82 Å². The average Bonchev–Trinajstić information content (AvgIpc) is 2.88. The van der Waals surface area contributed by atoms with Gasteiger partial charge in [-0.25, -0.2) is 4.68 Å². The van der Waals surface area contributed by atoms with Crippen molar-refractivity contribution in [2.45, 2.75) is 51.6 Å². The molecule has 1 N–H and O–H groups in total. The second-order valence-electron chi connectivity index (χ2n) is 5.39. The largest absolute Gasteiger partial charge is 0.383 e. The molecule has 0 aliphatic heterocycles. The van der Waals surface area contributed by atoms with Crippen molar-refractivity contribution in [1.82, 2.24) is 25.5 Å². The Morgan fingerprint density at radius 1 is 1.37 bits per heavy atom. The van der Waals surface area contributed by atoms with Crippen LogP contribution < -0.4 is 5.32 Å². The molecule has 1 aromatic heterocycles. The number of tetrazole rings is 1. The number of methoxy groups -OCH3 is 1. The van der Waals surface area contributed by atoms with Gasteiger partial charge >= 0.3 is 0 Å². The van der Waals surface area contributed by atoms with E-state index in [9.17, 15) is 0 Å². The van der Waals surface area contributed by atoms with Crippen LogP contribution in [0.25, 0.3) is 0 Å². The van der Waals surface area contributed by atoms with Crippen molar-refractivity contribution in [2.24, 2.45) is 5.92 Å². The van der Waals surface area contributed by atoms with Crippen LogP contribution in [0.15, 0.2) is 0 Å². The molecule has 0 bridgehead atoms. The Kier molecular flexibility index (Phi) is 5.72. The fraction of sp³-hybridized carbons (Fsp3) is 0.923. The lowest BCUT2D eigenvalue weighted by atomic mass is 9.89. The smallest absolute Gasteiger partial charge is 0.167 e. The van der Waals surface area contributed by atoms with Crippen molar-refractivity contribution in [3.63, 3.8) is 0 Å². The van der Waals surface area contributed by atoms with Crippen LogP contribution in [0.2, 0.25) is 0 Å². The Labute approximate surface area is 114 Å². The van der Waals surface area contributed by atoms with Crippen molar-refractivity contribution in [2.75, 3.05) is 20.3 Å². The van der Waals surface area contributed by atoms with Gasteiger partial charge in [0, 0.05) is 20.2 Å². The highest BCUT2D eigenvalue weighted by molar-refractivity contribution is 4.90. The number of hydrogen-bond acceptors (Lipinski definition) is 5. The minimum absolute atomic E-state index is 0.161. The Morgan fingerprint density at radius 2 is 2.16 bits per heavy atom. The van der Waals surface area contributed by atoms with Gasteiger partial charge in [-0.1, -0.05) is 19.3 Å². The van der Waals surface area contributed by atoms with Crippen molar-refractivity contribution >= 4 is 0 Å². The van der Waals surface area contributed by atoms with E-state index in [1.165, 1.54) is 32.1 Å². The molecule has 0 aromatic carbocycles. The molecule has 1 aliphatic rings. The summed E-state index contributed by atoms with van der Waals surface area (Å²) < 4.78 is 7.01. The summed E-state index contributed by atoms with van der Waals surface area (Å²) in [5.41, 5.74) is 0. The number of aromatic nitrogens is 4. The second-order valence-corrected chi connectivity index (χ2v) is 5.39. The molecule has 1 unspecified atom stereocenters. The lowest BCUT2D eigenvalue weighted by molar-refractivity contribution is 0.195. The topological polar surface area (TPSA) is 64.9 Å². The molecular formula is C13H25N5O. The summed E-state index contributed by atoms with van der Waals surface area (Å²) in [5.74, 6) is 1.67. The van der Waals surface area contributed by atoms with Crippen LogP contribution >= 0.6 is 0 Å². The van der Waals surface area contributed by atoms with Crippen LogP contribution in [0.5, 0.6) is 0 Å². The first-order valence-electron chi connectivity index (χ1n) is 7.29. The molecule has 1 fully saturated rings. The molecule has 0 saturated heterocycles. The molecule has 6 nitrogen and oxygen atoms in total. The summed E-state index contributed by atoms with van der Waals surface area (Å²) in [4.78, 5) is 0. The minimum atomic E-state index is 0.161. The average molecular weight is 267 g/mol. The van der Waals surface area contributed by atoms with Crippen LogP contribution in [0.4, 0.5) is 0 Å². The third-order valence-electron chi connectivity index (χ3n) is 3.86. The van der Waals surface area contributed by atoms with E-state index in [-0.39, 0.29) is 6.04 Å². The zero-order valence-electron chi connectivity index (χ0n) is 12.0. The predicted molar refractivity (Wildman–Crippen MR) is 72.7 cm³/mol. The molecule has 0 radical (unpaired) electrons. The first-order valence-corrected chi connectivity index (χ1v) is 7.29. The van der Waals surface area contributed by atoms with Gasteiger partial charge in [0.15, 0.2) is 5.82 Å². The molecule has 1 aromatic rings. The van der Waals surface area contributed by atoms with Crippen LogP contribution in [-0.2, 0) is 11.3 Å². The molecule has 1 saturated carbocycles. The second kappa shape index (κ2) is 7.55. The predicted octanol–water partition coefficient (Wildman–Crippen LogP) is 1.55. The number of rotatable bonds is 7. The van der Waals surface area contributed by atoms with Gasteiger partial charge in [0.1, 0.15) is 0 Å². The highest BCUT2D eigenvalue weighted by Crippen LogP contribution is 2.25. The Balaban J connectivity index is 1.88. The number of nitrogens with one attached hydrogen (secondary N) is 1. The molecule has 2 rings (SSSR count). The van der Waals surface area contributed by atoms with Crippen molar-refractivity contribution in [3.8, 4) is 0 Å². The molecule has 0 amide bonds. The molecule has 1 heterocycles. The molecule has 6 heteroatoms. The van der Waals surface area contributed by atoms with E-state index >= 15 is 0 Å². The first-order chi connectivity index (χ1) is 9.31. The highest BCUT2D eigenvalue weighted by Gasteiger charge is 2.19. The van der Waals surface area contributed by atoms with Gasteiger partial charge in [0.05, 0.1) is 12.6 Å². The van der Waals surface area contributed by atoms with Gasteiger partial charge in [0.2, 0.25) is 0 Å². The number of hydrogen-bond donors (Lipinski definition) is 1. The Morgan fingerprint density at radius 3 is 2.89 bits per heavy atom. The zero-order valence-corrected chi connectivity index (χ0v) is 12.0. The lowest BCUT2D eigenvalue weighted by Crippen LogP contribution is -2.27. The molecule has 0 spiro atoms. The van der Waals surface area contributed by atoms with Gasteiger partial charge in [-0.2, -0.15) is 0 Å². The normalized spacial score (nSPS) is 18.6. The fourth-order valence-electron chi connectivity index (χ4n) is 2.73. The van der Waals surface area contributed by atoms with Crippen LogP contribution in [-0.4, -0.2) is 40.5 Å². The molecule has 108 valence electrons. The summed E-state index contributed by atoms with van der Waals surface area (Å²) in [6.45, 7) is 4.57. The summed E-state index contributed by atoms with van der Waals surface area (Å²) in [7, 11) is 1.71. The maximum atomic E-state index is 5.04. The quantitative estimate of drug-likeness (QED) is 0.759. The SMILES string of the molecule is COCCNC(C)c1nnnn1CC1CCCCC1. The van der Waals surface area contributed by atoms with E-state index in [1.54, 1.807) is 7.11 Å². The van der Waals surface area contributed by atoms with Crippen LogP contribution in [0.3, 0.4) is 0 Å². The number of nitrogens with zero attached hydrogens (tertiary/aromatic N) is 4. The summed E-state index contributed by atoms with van der Waals surface area (Å²) >= 11 is 0. The van der Waals surface area contributed by atoms with E-state index in [1.807, 2.05) is 4.68 Å². The Hall–Kier alpha value is -1.01. The first kappa shape index (κ1) is 14.4. The van der Waals surface area contributed by atoms with Gasteiger partial charge in [-0.05, 0) is 36.1 Å². The molecule has 1 aliphatic carbocycles. The van der Waals surface area contributed by atoms with E-state index in [0.29, 0.717) is 6.61 Å². The minimum Gasteiger partial charge on any atom is -0.383 e. The maximum Gasteiger partial charge on any atom is 0.167 e. The van der Waals surface area contributed by atoms with E-state index in [2.05, 4.69) is 27.8 Å². The van der Waals surface area contributed by atoms with Crippen LogP contribution in [0, 0.1) is 5.92 Å². The van der Waals surface area contributed by atoms with Crippen LogP contribution in [0.1, 0.15) is 50.9 Å².